The van der Waals surface area contributed by atoms with E-state index in [0.29, 0.717) is 5.69 Å². The Labute approximate surface area is 201 Å². The molecule has 3 heterocycles. The van der Waals surface area contributed by atoms with Gasteiger partial charge in [0.15, 0.2) is 0 Å². The van der Waals surface area contributed by atoms with E-state index in [4.69, 9.17) is 0 Å². The predicted molar refractivity (Wildman–Crippen MR) is 124 cm³/mol. The number of rotatable bonds is 2. The van der Waals surface area contributed by atoms with E-state index in [-0.39, 0.29) is 51.4 Å². The van der Waals surface area contributed by atoms with Crippen molar-refractivity contribution in [1.82, 2.24) is 4.98 Å². The summed E-state index contributed by atoms with van der Waals surface area (Å²) in [5, 5.41) is 0.894. The Kier molecular flexibility index (Phi) is 4.31. The van der Waals surface area contributed by atoms with Crippen molar-refractivity contribution in [1.29, 1.82) is 0 Å². The first-order chi connectivity index (χ1) is 16.4. The molecule has 9 heteroatoms. The van der Waals surface area contributed by atoms with Gasteiger partial charge in [-0.3, -0.25) is 19.3 Å². The van der Waals surface area contributed by atoms with Crippen LogP contribution in [-0.4, -0.2) is 22.0 Å². The molecule has 1 saturated heterocycles. The number of hydrogen-bond donors (Lipinski definition) is 1. The zero-order chi connectivity index (χ0) is 23.3. The lowest BCUT2D eigenvalue weighted by Gasteiger charge is -2.43. The summed E-state index contributed by atoms with van der Waals surface area (Å²) in [6.07, 6.45) is 0.781. The summed E-state index contributed by atoms with van der Waals surface area (Å²) in [6.45, 7) is 0. The summed E-state index contributed by atoms with van der Waals surface area (Å²) >= 11 is 2.79. The van der Waals surface area contributed by atoms with Crippen molar-refractivity contribution >= 4 is 40.6 Å². The van der Waals surface area contributed by atoms with E-state index in [1.165, 1.54) is 52.6 Å². The van der Waals surface area contributed by atoms with Gasteiger partial charge in [-0.25, -0.2) is 8.78 Å². The molecule has 172 valence electrons. The number of amides is 2. The van der Waals surface area contributed by atoms with E-state index in [0.717, 1.165) is 21.9 Å². The average molecular weight is 497 g/mol. The van der Waals surface area contributed by atoms with Crippen molar-refractivity contribution in [2.45, 2.75) is 22.6 Å². The summed E-state index contributed by atoms with van der Waals surface area (Å²) in [5.74, 6) is -2.10. The molecule has 2 aliphatic carbocycles. The maximum Gasteiger partial charge on any atom is 0.305 e. The third-order valence-corrected chi connectivity index (χ3v) is 10.6. The molecule has 2 saturated carbocycles. The van der Waals surface area contributed by atoms with Gasteiger partial charge in [-0.1, -0.05) is 23.5 Å². The number of H-pyrrole nitrogens is 1. The number of nitrogens with one attached hydrogen (secondary N) is 1. The maximum atomic E-state index is 13.7. The standard InChI is InChI=1S/C25H18F2N2O3S2/c26-11-3-1-10(2-4-11)16-17-14-9-15(20(17)33-22-21(16)34-25(32)28-22)19-18(14)23(30)29(24(19)31)13-7-5-12(27)6-8-13/h1-8,14-20H,9H2,(H,28,32). The van der Waals surface area contributed by atoms with Crippen LogP contribution in [0.5, 0.6) is 0 Å². The minimum atomic E-state index is -0.426. The maximum absolute atomic E-state index is 13.7. The molecular weight excluding hydrogens is 478 g/mol. The highest BCUT2D eigenvalue weighted by atomic mass is 32.2. The predicted octanol–water partition coefficient (Wildman–Crippen LogP) is 4.39. The van der Waals surface area contributed by atoms with Gasteiger partial charge in [-0.05, 0) is 66.1 Å². The minimum Gasteiger partial charge on any atom is -0.307 e. The van der Waals surface area contributed by atoms with E-state index in [9.17, 15) is 23.2 Å². The highest BCUT2D eigenvalue weighted by molar-refractivity contribution is 8.00. The molecule has 7 unspecified atom stereocenters. The summed E-state index contributed by atoms with van der Waals surface area (Å²) in [7, 11) is 0. The molecule has 7 atom stereocenters. The molecule has 2 aliphatic heterocycles. The number of thioether (sulfide) groups is 1. The van der Waals surface area contributed by atoms with E-state index in [2.05, 4.69) is 4.98 Å². The fraction of sp³-hybridized carbons (Fsp3) is 0.320. The number of nitrogens with zero attached hydrogens (tertiary/aromatic N) is 1. The van der Waals surface area contributed by atoms with Crippen LogP contribution in [0.15, 0.2) is 58.4 Å². The number of benzene rings is 2. The normalized spacial score (nSPS) is 33.2. The van der Waals surface area contributed by atoms with Crippen LogP contribution < -0.4 is 9.77 Å². The largest absolute Gasteiger partial charge is 0.307 e. The Morgan fingerprint density at radius 2 is 1.47 bits per heavy atom. The average Bonchev–Trinajstić information content (AvgIpc) is 3.54. The van der Waals surface area contributed by atoms with Gasteiger partial charge in [-0.15, -0.1) is 11.8 Å². The lowest BCUT2D eigenvalue weighted by atomic mass is 9.68. The first-order valence-electron chi connectivity index (χ1n) is 11.2. The highest BCUT2D eigenvalue weighted by Gasteiger charge is 2.69. The van der Waals surface area contributed by atoms with Gasteiger partial charge in [0.2, 0.25) is 11.8 Å². The third-order valence-electron chi connectivity index (χ3n) is 8.04. The number of anilines is 1. The number of hydrogen-bond acceptors (Lipinski definition) is 5. The summed E-state index contributed by atoms with van der Waals surface area (Å²) in [4.78, 5) is 44.3. The van der Waals surface area contributed by atoms with E-state index >= 15 is 0 Å². The quantitative estimate of drug-likeness (QED) is 0.535. The molecule has 0 radical (unpaired) electrons. The Bertz CT molecular complexity index is 1400. The minimum absolute atomic E-state index is 0.00592. The number of carbonyl (C=O) groups excluding carboxylic acids is 2. The Hall–Kier alpha value is -2.78. The first-order valence-corrected chi connectivity index (χ1v) is 12.9. The molecule has 2 bridgehead atoms. The molecule has 2 aromatic carbocycles. The van der Waals surface area contributed by atoms with Crippen LogP contribution in [0.25, 0.3) is 0 Å². The van der Waals surface area contributed by atoms with Gasteiger partial charge in [-0.2, -0.15) is 0 Å². The summed E-state index contributed by atoms with van der Waals surface area (Å²) in [6, 6.07) is 11.8. The van der Waals surface area contributed by atoms with Crippen LogP contribution >= 0.6 is 23.1 Å². The van der Waals surface area contributed by atoms with Crippen molar-refractivity contribution in [3.63, 3.8) is 0 Å². The molecule has 7 rings (SSSR count). The highest BCUT2D eigenvalue weighted by Crippen LogP contribution is 2.68. The van der Waals surface area contributed by atoms with Crippen molar-refractivity contribution in [3.05, 3.63) is 80.3 Å². The molecule has 3 aromatic rings. The number of halogens is 2. The zero-order valence-corrected chi connectivity index (χ0v) is 19.2. The van der Waals surface area contributed by atoms with Crippen molar-refractivity contribution in [2.24, 2.45) is 29.6 Å². The van der Waals surface area contributed by atoms with Crippen LogP contribution in [0, 0.1) is 41.2 Å². The van der Waals surface area contributed by atoms with Gasteiger partial charge < -0.3 is 4.98 Å². The molecule has 5 nitrogen and oxygen atoms in total. The SMILES string of the molecule is O=C1C2C3CC(C2C(=O)N1c1ccc(F)cc1)C1C(c2ccc(F)cc2)c2sc(=O)[nH]c2SC31. The van der Waals surface area contributed by atoms with E-state index in [1.807, 2.05) is 0 Å². The van der Waals surface area contributed by atoms with Crippen LogP contribution in [0.3, 0.4) is 0 Å². The molecule has 3 fully saturated rings. The molecule has 2 amide bonds. The smallest absolute Gasteiger partial charge is 0.305 e. The van der Waals surface area contributed by atoms with Crippen LogP contribution in [0.1, 0.15) is 22.8 Å². The van der Waals surface area contributed by atoms with Gasteiger partial charge in [0.25, 0.3) is 0 Å². The van der Waals surface area contributed by atoms with E-state index in [1.54, 1.807) is 23.9 Å². The summed E-state index contributed by atoms with van der Waals surface area (Å²) < 4.78 is 27.2. The first kappa shape index (κ1) is 20.6. The van der Waals surface area contributed by atoms with Gasteiger partial charge in [0.1, 0.15) is 11.6 Å². The lowest BCUT2D eigenvalue weighted by Crippen LogP contribution is -2.42. The second-order valence-corrected chi connectivity index (χ2v) is 11.7. The zero-order valence-electron chi connectivity index (χ0n) is 17.6. The number of imide groups is 1. The van der Waals surface area contributed by atoms with Crippen molar-refractivity contribution < 1.29 is 18.4 Å². The molecule has 1 aromatic heterocycles. The lowest BCUT2D eigenvalue weighted by molar-refractivity contribution is -0.123. The summed E-state index contributed by atoms with van der Waals surface area (Å²) in [5.41, 5.74) is 1.32. The van der Waals surface area contributed by atoms with Crippen molar-refractivity contribution in [2.75, 3.05) is 4.90 Å². The number of fused-ring (bicyclic) bond motifs is 9. The Balaban J connectivity index is 1.32. The Morgan fingerprint density at radius 1 is 0.853 bits per heavy atom. The number of aromatic amines is 1. The number of aromatic nitrogens is 1. The second kappa shape index (κ2) is 7.11. The molecule has 1 N–H and O–H groups in total. The van der Waals surface area contributed by atoms with E-state index < -0.39 is 17.7 Å². The van der Waals surface area contributed by atoms with Gasteiger partial charge in [0.05, 0.1) is 22.5 Å². The van der Waals surface area contributed by atoms with Gasteiger partial charge >= 0.3 is 4.87 Å². The van der Waals surface area contributed by atoms with Crippen LogP contribution in [-0.2, 0) is 9.59 Å². The molecular formula is C25H18F2N2O3S2. The monoisotopic (exact) mass is 496 g/mol. The molecule has 0 spiro atoms. The Morgan fingerprint density at radius 3 is 2.15 bits per heavy atom. The van der Waals surface area contributed by atoms with Crippen LogP contribution in [0.4, 0.5) is 14.5 Å². The fourth-order valence-electron chi connectivity index (χ4n) is 6.90. The second-order valence-electron chi connectivity index (χ2n) is 9.50. The number of thiazole rings is 1. The third kappa shape index (κ3) is 2.68. The fourth-order valence-corrected chi connectivity index (χ4v) is 9.79. The van der Waals surface area contributed by atoms with Crippen LogP contribution in [0.2, 0.25) is 0 Å². The van der Waals surface area contributed by atoms with Crippen molar-refractivity contribution in [3.8, 4) is 0 Å². The topological polar surface area (TPSA) is 70.2 Å². The van der Waals surface area contributed by atoms with Gasteiger partial charge in [0, 0.05) is 16.0 Å². The molecule has 4 aliphatic rings. The molecule has 34 heavy (non-hydrogen) atoms. The number of carbonyl (C=O) groups is 2.